The van der Waals surface area contributed by atoms with E-state index in [4.69, 9.17) is 4.74 Å². The Morgan fingerprint density at radius 3 is 2.54 bits per heavy atom. The fourth-order valence-corrected chi connectivity index (χ4v) is 3.69. The van der Waals surface area contributed by atoms with Crippen LogP contribution in [0.15, 0.2) is 29.2 Å². The molecule has 0 saturated carbocycles. The first kappa shape index (κ1) is 18.6. The average molecular weight is 365 g/mol. The Bertz CT molecular complexity index is 732. The first-order valence-electron chi connectivity index (χ1n) is 7.35. The second kappa shape index (κ2) is 6.27. The van der Waals surface area contributed by atoms with Gasteiger partial charge in [-0.3, -0.25) is 4.79 Å². The maximum atomic E-state index is 12.9. The van der Waals surface area contributed by atoms with Crippen molar-refractivity contribution in [3.63, 3.8) is 0 Å². The summed E-state index contributed by atoms with van der Waals surface area (Å²) in [5, 5.41) is 0. The highest BCUT2D eigenvalue weighted by Crippen LogP contribution is 2.40. The number of ether oxygens (including phenoxy) is 1. The van der Waals surface area contributed by atoms with Gasteiger partial charge in [0.1, 0.15) is 0 Å². The van der Waals surface area contributed by atoms with Gasteiger partial charge in [-0.25, -0.2) is 8.42 Å². The number of sulfone groups is 1. The molecule has 1 unspecified atom stereocenters. The summed E-state index contributed by atoms with van der Waals surface area (Å²) in [5.74, 6) is -0.441. The van der Waals surface area contributed by atoms with Crippen molar-refractivity contribution >= 4 is 21.5 Å². The SMILES string of the molecule is CCOC(=O)C1(C)CCN(c2ccccc2S(=O)(=O)C(F)(F)F)C1. The van der Waals surface area contributed by atoms with Crippen molar-refractivity contribution in [3.8, 4) is 0 Å². The van der Waals surface area contributed by atoms with Gasteiger partial charge in [0.2, 0.25) is 0 Å². The molecule has 0 amide bonds. The zero-order valence-electron chi connectivity index (χ0n) is 13.3. The highest BCUT2D eigenvalue weighted by Gasteiger charge is 2.49. The van der Waals surface area contributed by atoms with E-state index in [9.17, 15) is 26.4 Å². The molecular weight excluding hydrogens is 347 g/mol. The summed E-state index contributed by atoms with van der Waals surface area (Å²) in [7, 11) is -5.47. The number of nitrogens with zero attached hydrogens (tertiary/aromatic N) is 1. The molecule has 1 aliphatic heterocycles. The largest absolute Gasteiger partial charge is 0.501 e. The van der Waals surface area contributed by atoms with E-state index in [2.05, 4.69) is 0 Å². The van der Waals surface area contributed by atoms with Crippen LogP contribution in [-0.4, -0.2) is 39.6 Å². The molecule has 1 atom stereocenters. The van der Waals surface area contributed by atoms with Crippen LogP contribution < -0.4 is 4.90 Å². The van der Waals surface area contributed by atoms with Gasteiger partial charge in [0.15, 0.2) is 0 Å². The smallest absolute Gasteiger partial charge is 0.466 e. The Labute approximate surface area is 138 Å². The van der Waals surface area contributed by atoms with Gasteiger partial charge in [-0.2, -0.15) is 13.2 Å². The van der Waals surface area contributed by atoms with Crippen LogP contribution in [0.3, 0.4) is 0 Å². The maximum absolute atomic E-state index is 12.9. The molecule has 0 aromatic heterocycles. The lowest BCUT2D eigenvalue weighted by Crippen LogP contribution is -2.34. The summed E-state index contributed by atoms with van der Waals surface area (Å²) in [5.41, 5.74) is -6.32. The third kappa shape index (κ3) is 3.22. The highest BCUT2D eigenvalue weighted by molar-refractivity contribution is 7.92. The van der Waals surface area contributed by atoms with Gasteiger partial charge in [0.05, 0.1) is 22.6 Å². The van der Waals surface area contributed by atoms with E-state index < -0.39 is 31.6 Å². The summed E-state index contributed by atoms with van der Waals surface area (Å²) >= 11 is 0. The number of benzene rings is 1. The number of para-hydroxylation sites is 1. The standard InChI is InChI=1S/C15H18F3NO4S/c1-3-23-13(20)14(2)8-9-19(10-14)11-6-4-5-7-12(11)24(21,22)15(16,17)18/h4-7H,3,8-10H2,1-2H3. The minimum atomic E-state index is -5.47. The average Bonchev–Trinajstić information content (AvgIpc) is 2.90. The molecule has 134 valence electrons. The number of anilines is 1. The molecule has 1 aliphatic rings. The van der Waals surface area contributed by atoms with Crippen LogP contribution in [0.1, 0.15) is 20.3 Å². The van der Waals surface area contributed by atoms with Gasteiger partial charge in [-0.05, 0) is 32.4 Å². The molecule has 1 aromatic carbocycles. The molecular formula is C15H18F3NO4S. The van der Waals surface area contributed by atoms with Crippen LogP contribution in [0, 0.1) is 5.41 Å². The third-order valence-corrected chi connectivity index (χ3v) is 5.58. The zero-order valence-corrected chi connectivity index (χ0v) is 14.1. The molecule has 1 saturated heterocycles. The van der Waals surface area contributed by atoms with Gasteiger partial charge >= 0.3 is 11.5 Å². The summed E-state index contributed by atoms with van der Waals surface area (Å²) in [6, 6.07) is 4.95. The zero-order chi connectivity index (χ0) is 18.2. The number of carbonyl (C=O) groups excluding carboxylic acids is 1. The summed E-state index contributed by atoms with van der Waals surface area (Å²) in [4.78, 5) is 12.7. The van der Waals surface area contributed by atoms with E-state index in [-0.39, 0.29) is 25.4 Å². The lowest BCUT2D eigenvalue weighted by Gasteiger charge is -2.25. The Kier molecular flexibility index (Phi) is 4.85. The normalized spacial score (nSPS) is 21.8. The minimum Gasteiger partial charge on any atom is -0.466 e. The van der Waals surface area contributed by atoms with Crippen LogP contribution in [0.2, 0.25) is 0 Å². The summed E-state index contributed by atoms with van der Waals surface area (Å²) in [6.07, 6.45) is 0.367. The van der Waals surface area contributed by atoms with E-state index >= 15 is 0 Å². The fraction of sp³-hybridized carbons (Fsp3) is 0.533. The van der Waals surface area contributed by atoms with Crippen LogP contribution in [0.25, 0.3) is 0 Å². The molecule has 24 heavy (non-hydrogen) atoms. The molecule has 1 heterocycles. The first-order valence-corrected chi connectivity index (χ1v) is 8.84. The molecule has 2 rings (SSSR count). The number of esters is 1. The Morgan fingerprint density at radius 1 is 1.33 bits per heavy atom. The van der Waals surface area contributed by atoms with Gasteiger partial charge in [-0.15, -0.1) is 0 Å². The molecule has 0 N–H and O–H groups in total. The van der Waals surface area contributed by atoms with Crippen LogP contribution in [0.4, 0.5) is 18.9 Å². The molecule has 9 heteroatoms. The number of hydrogen-bond acceptors (Lipinski definition) is 5. The Balaban J connectivity index is 2.38. The monoisotopic (exact) mass is 365 g/mol. The van der Waals surface area contributed by atoms with Gasteiger partial charge in [-0.1, -0.05) is 12.1 Å². The summed E-state index contributed by atoms with van der Waals surface area (Å²) < 4.78 is 67.2. The second-order valence-corrected chi connectivity index (χ2v) is 7.78. The highest BCUT2D eigenvalue weighted by atomic mass is 32.2. The predicted molar refractivity (Wildman–Crippen MR) is 81.3 cm³/mol. The molecule has 1 aromatic rings. The first-order chi connectivity index (χ1) is 11.0. The molecule has 0 aliphatic carbocycles. The number of hydrogen-bond donors (Lipinski definition) is 0. The van der Waals surface area contributed by atoms with Crippen LogP contribution in [-0.2, 0) is 19.4 Å². The van der Waals surface area contributed by atoms with Crippen LogP contribution >= 0.6 is 0 Å². The van der Waals surface area contributed by atoms with Gasteiger partial charge in [0, 0.05) is 13.1 Å². The lowest BCUT2D eigenvalue weighted by molar-refractivity contribution is -0.153. The molecule has 5 nitrogen and oxygen atoms in total. The number of halogens is 3. The molecule has 1 fully saturated rings. The van der Waals surface area contributed by atoms with Crippen LogP contribution in [0.5, 0.6) is 0 Å². The number of alkyl halides is 3. The molecule has 0 spiro atoms. The lowest BCUT2D eigenvalue weighted by atomic mass is 9.90. The van der Waals surface area contributed by atoms with Gasteiger partial charge < -0.3 is 9.64 Å². The van der Waals surface area contributed by atoms with E-state index in [0.29, 0.717) is 6.42 Å². The summed E-state index contributed by atoms with van der Waals surface area (Å²) in [6.45, 7) is 3.88. The van der Waals surface area contributed by atoms with Crippen molar-refractivity contribution < 1.29 is 31.1 Å². The van der Waals surface area contributed by atoms with Crippen molar-refractivity contribution in [1.82, 2.24) is 0 Å². The van der Waals surface area contributed by atoms with Crippen molar-refractivity contribution in [3.05, 3.63) is 24.3 Å². The van der Waals surface area contributed by atoms with E-state index in [1.54, 1.807) is 13.8 Å². The van der Waals surface area contributed by atoms with E-state index in [1.165, 1.54) is 23.1 Å². The number of rotatable bonds is 4. The van der Waals surface area contributed by atoms with E-state index in [1.807, 2.05) is 0 Å². The quantitative estimate of drug-likeness (QED) is 0.768. The minimum absolute atomic E-state index is 0.0529. The fourth-order valence-electron chi connectivity index (χ4n) is 2.71. The van der Waals surface area contributed by atoms with Crippen molar-refractivity contribution in [1.29, 1.82) is 0 Å². The Hall–Kier alpha value is -1.77. The van der Waals surface area contributed by atoms with Crippen molar-refractivity contribution in [2.24, 2.45) is 5.41 Å². The van der Waals surface area contributed by atoms with Crippen molar-refractivity contribution in [2.45, 2.75) is 30.7 Å². The topological polar surface area (TPSA) is 63.7 Å². The van der Waals surface area contributed by atoms with E-state index in [0.717, 1.165) is 6.07 Å². The van der Waals surface area contributed by atoms with Crippen molar-refractivity contribution in [2.75, 3.05) is 24.6 Å². The number of carbonyl (C=O) groups is 1. The third-order valence-electron chi connectivity index (χ3n) is 4.04. The maximum Gasteiger partial charge on any atom is 0.501 e. The molecule has 0 bridgehead atoms. The second-order valence-electron chi connectivity index (χ2n) is 5.87. The van der Waals surface area contributed by atoms with Gasteiger partial charge in [0.25, 0.3) is 9.84 Å². The molecule has 0 radical (unpaired) electrons. The Morgan fingerprint density at radius 2 is 1.96 bits per heavy atom. The predicted octanol–water partition coefficient (Wildman–Crippen LogP) is 2.76.